The smallest absolute Gasteiger partial charge is 0.182 e. The first-order chi connectivity index (χ1) is 12.5. The van der Waals surface area contributed by atoms with Crippen molar-refractivity contribution in [3.63, 3.8) is 0 Å². The molecule has 0 amide bonds. The van der Waals surface area contributed by atoms with Crippen molar-refractivity contribution in [2.45, 2.75) is 46.1 Å². The van der Waals surface area contributed by atoms with Crippen LogP contribution in [0.3, 0.4) is 0 Å². The van der Waals surface area contributed by atoms with Gasteiger partial charge in [0.05, 0.1) is 6.20 Å². The maximum atomic E-state index is 11.8. The molecule has 1 saturated heterocycles. The Morgan fingerprint density at radius 1 is 1.23 bits per heavy atom. The molecule has 0 spiro atoms. The maximum absolute atomic E-state index is 11.8. The maximum Gasteiger partial charge on any atom is 0.182 e. The van der Waals surface area contributed by atoms with E-state index < -0.39 is 0 Å². The Morgan fingerprint density at radius 3 is 2.88 bits per heavy atom. The van der Waals surface area contributed by atoms with E-state index in [1.807, 2.05) is 24.6 Å². The van der Waals surface area contributed by atoms with Crippen LogP contribution in [0.1, 0.15) is 47.1 Å². The molecular weight excluding hydrogens is 326 g/mol. The van der Waals surface area contributed by atoms with Gasteiger partial charge in [-0.2, -0.15) is 5.10 Å². The van der Waals surface area contributed by atoms with Gasteiger partial charge in [-0.25, -0.2) is 9.50 Å². The largest absolute Gasteiger partial charge is 0.362 e. The van der Waals surface area contributed by atoms with Crippen molar-refractivity contribution in [1.82, 2.24) is 24.5 Å². The van der Waals surface area contributed by atoms with E-state index in [0.29, 0.717) is 5.92 Å². The number of rotatable bonds is 3. The van der Waals surface area contributed by atoms with Crippen LogP contribution in [0.4, 0.5) is 0 Å². The highest BCUT2D eigenvalue weighted by atomic mass is 16.1. The van der Waals surface area contributed by atoms with Gasteiger partial charge in [-0.05, 0) is 46.2 Å². The highest BCUT2D eigenvalue weighted by Crippen LogP contribution is 2.26. The Morgan fingerprint density at radius 2 is 2.08 bits per heavy atom. The Kier molecular flexibility index (Phi) is 4.36. The van der Waals surface area contributed by atoms with Crippen LogP contribution in [-0.4, -0.2) is 37.6 Å². The number of H-pyrrole nitrogens is 1. The van der Waals surface area contributed by atoms with Gasteiger partial charge in [0.25, 0.3) is 0 Å². The molecule has 1 atom stereocenters. The SMILES string of the molecule is Cc1cc(C)n2ncc(CN3CCCC(c4cc(=O)cc(C)[nH]4)C3)c2n1. The molecule has 26 heavy (non-hydrogen) atoms. The van der Waals surface area contributed by atoms with Crippen LogP contribution in [-0.2, 0) is 6.54 Å². The Balaban J connectivity index is 1.56. The lowest BCUT2D eigenvalue weighted by Gasteiger charge is -2.32. The van der Waals surface area contributed by atoms with Crippen LogP contribution in [0.25, 0.3) is 5.65 Å². The molecule has 6 heteroatoms. The summed E-state index contributed by atoms with van der Waals surface area (Å²) < 4.78 is 1.92. The van der Waals surface area contributed by atoms with Crippen molar-refractivity contribution < 1.29 is 0 Å². The molecule has 1 fully saturated rings. The Bertz CT molecular complexity index is 1000. The number of aryl methyl sites for hydroxylation is 3. The third kappa shape index (κ3) is 3.29. The van der Waals surface area contributed by atoms with Crippen molar-refractivity contribution >= 4 is 5.65 Å². The van der Waals surface area contributed by atoms with E-state index in [0.717, 1.165) is 66.5 Å². The van der Waals surface area contributed by atoms with Gasteiger partial charge < -0.3 is 4.98 Å². The zero-order valence-electron chi connectivity index (χ0n) is 15.6. The summed E-state index contributed by atoms with van der Waals surface area (Å²) in [6.07, 6.45) is 4.18. The lowest BCUT2D eigenvalue weighted by molar-refractivity contribution is 0.199. The number of hydrogen-bond donors (Lipinski definition) is 1. The minimum atomic E-state index is 0.0890. The molecule has 4 heterocycles. The number of fused-ring (bicyclic) bond motifs is 1. The summed E-state index contributed by atoms with van der Waals surface area (Å²) in [7, 11) is 0. The molecule has 0 bridgehead atoms. The van der Waals surface area contributed by atoms with Crippen LogP contribution in [0.5, 0.6) is 0 Å². The molecule has 0 radical (unpaired) electrons. The van der Waals surface area contributed by atoms with Gasteiger partial charge >= 0.3 is 0 Å². The van der Waals surface area contributed by atoms with Gasteiger partial charge in [0.1, 0.15) is 0 Å². The summed E-state index contributed by atoms with van der Waals surface area (Å²) in [5.41, 5.74) is 6.32. The quantitative estimate of drug-likeness (QED) is 0.788. The van der Waals surface area contributed by atoms with Gasteiger partial charge in [0.2, 0.25) is 0 Å². The number of aromatic nitrogens is 4. The van der Waals surface area contributed by atoms with Crippen molar-refractivity contribution in [1.29, 1.82) is 0 Å². The summed E-state index contributed by atoms with van der Waals surface area (Å²) in [6, 6.07) is 5.46. The predicted octanol–water partition coefficient (Wildman–Crippen LogP) is 2.72. The zero-order valence-corrected chi connectivity index (χ0v) is 15.6. The van der Waals surface area contributed by atoms with E-state index in [4.69, 9.17) is 0 Å². The van der Waals surface area contributed by atoms with Gasteiger partial charge in [-0.3, -0.25) is 9.69 Å². The molecule has 1 aliphatic heterocycles. The van der Waals surface area contributed by atoms with Crippen LogP contribution in [0.15, 0.2) is 29.2 Å². The first-order valence-electron chi connectivity index (χ1n) is 9.23. The van der Waals surface area contributed by atoms with Crippen molar-refractivity contribution in [3.8, 4) is 0 Å². The summed E-state index contributed by atoms with van der Waals surface area (Å²) >= 11 is 0. The number of likely N-dealkylation sites (tertiary alicyclic amines) is 1. The molecule has 1 unspecified atom stereocenters. The third-order valence-electron chi connectivity index (χ3n) is 5.19. The predicted molar refractivity (Wildman–Crippen MR) is 102 cm³/mol. The topological polar surface area (TPSA) is 66.3 Å². The molecule has 6 nitrogen and oxygen atoms in total. The first kappa shape index (κ1) is 17.0. The second-order valence-corrected chi connectivity index (χ2v) is 7.47. The van der Waals surface area contributed by atoms with Crippen LogP contribution in [0.2, 0.25) is 0 Å². The Hall–Kier alpha value is -2.47. The lowest BCUT2D eigenvalue weighted by atomic mass is 9.94. The molecule has 4 rings (SSSR count). The number of hydrogen-bond acceptors (Lipinski definition) is 4. The van der Waals surface area contributed by atoms with E-state index >= 15 is 0 Å². The monoisotopic (exact) mass is 351 g/mol. The van der Waals surface area contributed by atoms with E-state index in [9.17, 15) is 4.79 Å². The van der Waals surface area contributed by atoms with E-state index in [1.54, 1.807) is 12.1 Å². The molecule has 136 valence electrons. The third-order valence-corrected chi connectivity index (χ3v) is 5.19. The molecule has 1 aliphatic rings. The number of aromatic amines is 1. The van der Waals surface area contributed by atoms with Crippen molar-refractivity contribution in [3.05, 3.63) is 63.0 Å². The number of piperidine rings is 1. The van der Waals surface area contributed by atoms with E-state index in [-0.39, 0.29) is 5.43 Å². The Labute approximate surface area is 152 Å². The highest BCUT2D eigenvalue weighted by Gasteiger charge is 2.23. The molecular formula is C20H25N5O. The summed E-state index contributed by atoms with van der Waals surface area (Å²) in [5.74, 6) is 0.370. The van der Waals surface area contributed by atoms with Crippen molar-refractivity contribution in [2.75, 3.05) is 13.1 Å². The van der Waals surface area contributed by atoms with Gasteiger partial charge in [-0.15, -0.1) is 0 Å². The van der Waals surface area contributed by atoms with Crippen LogP contribution in [0, 0.1) is 20.8 Å². The molecule has 0 aliphatic carbocycles. The van der Waals surface area contributed by atoms with Gasteiger partial charge in [0, 0.05) is 59.5 Å². The minimum absolute atomic E-state index is 0.0890. The number of nitrogens with zero attached hydrogens (tertiary/aromatic N) is 4. The van der Waals surface area contributed by atoms with E-state index in [1.165, 1.54) is 0 Å². The highest BCUT2D eigenvalue weighted by molar-refractivity contribution is 5.47. The van der Waals surface area contributed by atoms with E-state index in [2.05, 4.69) is 33.0 Å². The van der Waals surface area contributed by atoms with Gasteiger partial charge in [0.15, 0.2) is 11.1 Å². The standard InChI is InChI=1S/C20H25N5O/c1-13-7-15(3)25-20(23-13)17(10-21-25)12-24-6-4-5-16(11-24)19-9-18(26)8-14(2)22-19/h7-10,16H,4-6,11-12H2,1-3H3,(H,22,26). The first-order valence-corrected chi connectivity index (χ1v) is 9.23. The normalized spacial score (nSPS) is 18.5. The number of pyridine rings is 1. The second kappa shape index (κ2) is 6.68. The fourth-order valence-electron chi connectivity index (χ4n) is 4.05. The average Bonchev–Trinajstić information content (AvgIpc) is 2.97. The van der Waals surface area contributed by atoms with Crippen LogP contribution < -0.4 is 5.43 Å². The summed E-state index contributed by atoms with van der Waals surface area (Å²) in [5, 5.41) is 4.51. The molecule has 1 N–H and O–H groups in total. The zero-order chi connectivity index (χ0) is 18.3. The van der Waals surface area contributed by atoms with Gasteiger partial charge in [-0.1, -0.05) is 0 Å². The average molecular weight is 351 g/mol. The minimum Gasteiger partial charge on any atom is -0.362 e. The van der Waals surface area contributed by atoms with Crippen LogP contribution >= 0.6 is 0 Å². The molecule has 0 aromatic carbocycles. The molecule has 0 saturated carbocycles. The second-order valence-electron chi connectivity index (χ2n) is 7.47. The fourth-order valence-corrected chi connectivity index (χ4v) is 4.05. The molecule has 3 aromatic heterocycles. The number of nitrogens with one attached hydrogen (secondary N) is 1. The van der Waals surface area contributed by atoms with Crippen molar-refractivity contribution in [2.24, 2.45) is 0 Å². The fraction of sp³-hybridized carbons (Fsp3) is 0.450. The molecule has 3 aromatic rings. The summed E-state index contributed by atoms with van der Waals surface area (Å²) in [6.45, 7) is 8.88. The lowest BCUT2D eigenvalue weighted by Crippen LogP contribution is -2.34. The summed E-state index contributed by atoms with van der Waals surface area (Å²) in [4.78, 5) is 22.4.